The smallest absolute Gasteiger partial charge is 0.328 e. The highest BCUT2D eigenvalue weighted by Crippen LogP contribution is 2.19. The summed E-state index contributed by atoms with van der Waals surface area (Å²) in [4.78, 5) is 37.9. The summed E-state index contributed by atoms with van der Waals surface area (Å²) in [5.41, 5.74) is 0.964. The Kier molecular flexibility index (Phi) is 11.5. The molecule has 3 atom stereocenters. The van der Waals surface area contributed by atoms with Gasteiger partial charge in [0, 0.05) is 5.56 Å². The van der Waals surface area contributed by atoms with E-state index in [0.29, 0.717) is 17.5 Å². The number of allylic oxidation sites excluding steroid dienone is 1. The zero-order valence-electron chi connectivity index (χ0n) is 19.6. The number of hydrogen-bond donors (Lipinski definition) is 3. The average Bonchev–Trinajstić information content (AvgIpc) is 2.88. The van der Waals surface area contributed by atoms with E-state index in [1.165, 1.54) is 7.11 Å². The second-order valence-electron chi connectivity index (χ2n) is 8.04. The summed E-state index contributed by atoms with van der Waals surface area (Å²) in [5, 5.41) is 16.3. The zero-order chi connectivity index (χ0) is 24.8. The van der Waals surface area contributed by atoms with Crippen molar-refractivity contribution in [2.45, 2.75) is 56.7 Å². The fraction of sp³-hybridized carbons (Fsp3) is 0.370. The van der Waals surface area contributed by atoms with Crippen molar-refractivity contribution in [2.24, 2.45) is 0 Å². The number of aliphatic hydroxyl groups is 1. The van der Waals surface area contributed by atoms with E-state index in [0.717, 1.165) is 32.1 Å². The maximum absolute atomic E-state index is 12.9. The van der Waals surface area contributed by atoms with Gasteiger partial charge in [0.25, 0.3) is 11.8 Å². The molecule has 182 valence electrons. The van der Waals surface area contributed by atoms with Crippen LogP contribution in [0.1, 0.15) is 60.5 Å². The summed E-state index contributed by atoms with van der Waals surface area (Å²) >= 11 is 0. The fourth-order valence-corrected chi connectivity index (χ4v) is 3.61. The van der Waals surface area contributed by atoms with Gasteiger partial charge < -0.3 is 20.5 Å². The molecule has 2 aromatic rings. The lowest BCUT2D eigenvalue weighted by atomic mass is 9.99. The SMILES string of the molecule is C=CCCCCCC[C@@H](NC(=O)[C@H](O)[C@@H](NC(=O)c1ccccc1)c1ccccc1)C(=O)OC. The van der Waals surface area contributed by atoms with Gasteiger partial charge in [0.1, 0.15) is 6.04 Å². The van der Waals surface area contributed by atoms with Gasteiger partial charge in [-0.2, -0.15) is 0 Å². The van der Waals surface area contributed by atoms with E-state index in [-0.39, 0.29) is 0 Å². The number of methoxy groups -OCH3 is 1. The van der Waals surface area contributed by atoms with Gasteiger partial charge in [-0.3, -0.25) is 9.59 Å². The molecule has 0 bridgehead atoms. The van der Waals surface area contributed by atoms with Crippen molar-refractivity contribution in [1.29, 1.82) is 0 Å². The van der Waals surface area contributed by atoms with Gasteiger partial charge in [-0.05, 0) is 37.0 Å². The van der Waals surface area contributed by atoms with Crippen molar-refractivity contribution >= 4 is 17.8 Å². The summed E-state index contributed by atoms with van der Waals surface area (Å²) in [6, 6.07) is 15.4. The average molecular weight is 467 g/mol. The largest absolute Gasteiger partial charge is 0.467 e. The number of ether oxygens (including phenoxy) is 1. The van der Waals surface area contributed by atoms with Crippen LogP contribution >= 0.6 is 0 Å². The van der Waals surface area contributed by atoms with Crippen LogP contribution < -0.4 is 10.6 Å². The van der Waals surface area contributed by atoms with E-state index in [4.69, 9.17) is 4.74 Å². The quantitative estimate of drug-likeness (QED) is 0.224. The summed E-state index contributed by atoms with van der Waals surface area (Å²) in [6.45, 7) is 3.70. The van der Waals surface area contributed by atoms with Crippen LogP contribution in [-0.2, 0) is 14.3 Å². The standard InChI is InChI=1S/C27H34N2O5/c1-3-4-5-6-7-14-19-22(27(33)34-2)28-26(32)24(30)23(20-15-10-8-11-16-20)29-25(31)21-17-12-9-13-18-21/h3,8-13,15-18,22-24,30H,1,4-7,14,19H2,2H3,(H,28,32)(H,29,31)/t22-,23+,24-/m1/s1. The number of nitrogens with one attached hydrogen (secondary N) is 2. The first-order valence-electron chi connectivity index (χ1n) is 11.6. The topological polar surface area (TPSA) is 105 Å². The minimum Gasteiger partial charge on any atom is -0.467 e. The second-order valence-corrected chi connectivity index (χ2v) is 8.04. The molecule has 0 saturated carbocycles. The maximum atomic E-state index is 12.9. The van der Waals surface area contributed by atoms with Crippen LogP contribution in [0.2, 0.25) is 0 Å². The third-order valence-corrected chi connectivity index (χ3v) is 5.52. The first-order chi connectivity index (χ1) is 16.5. The maximum Gasteiger partial charge on any atom is 0.328 e. The van der Waals surface area contributed by atoms with Gasteiger partial charge in [0.2, 0.25) is 0 Å². The molecule has 0 aliphatic heterocycles. The van der Waals surface area contributed by atoms with Crippen molar-refractivity contribution in [2.75, 3.05) is 7.11 Å². The number of rotatable bonds is 14. The first-order valence-corrected chi connectivity index (χ1v) is 11.6. The van der Waals surface area contributed by atoms with Gasteiger partial charge >= 0.3 is 5.97 Å². The number of carbonyl (C=O) groups is 3. The van der Waals surface area contributed by atoms with Crippen LogP contribution in [0.15, 0.2) is 73.3 Å². The molecule has 2 amide bonds. The Morgan fingerprint density at radius 3 is 2.18 bits per heavy atom. The predicted octanol–water partition coefficient (Wildman–Crippen LogP) is 3.70. The number of esters is 1. The Balaban J connectivity index is 2.09. The molecular weight excluding hydrogens is 432 g/mol. The van der Waals surface area contributed by atoms with Crippen LogP contribution in [0.25, 0.3) is 0 Å². The second kappa shape index (κ2) is 14.6. The van der Waals surface area contributed by atoms with Crippen molar-refractivity contribution in [3.05, 3.63) is 84.4 Å². The lowest BCUT2D eigenvalue weighted by Crippen LogP contribution is -2.50. The molecule has 0 spiro atoms. The van der Waals surface area contributed by atoms with Crippen LogP contribution in [-0.4, -0.2) is 42.1 Å². The number of aliphatic hydroxyl groups excluding tert-OH is 1. The third-order valence-electron chi connectivity index (χ3n) is 5.52. The van der Waals surface area contributed by atoms with Crippen LogP contribution in [0.4, 0.5) is 0 Å². The molecular formula is C27H34N2O5. The minimum atomic E-state index is -1.62. The Bertz CT molecular complexity index is 917. The van der Waals surface area contributed by atoms with E-state index in [2.05, 4.69) is 17.2 Å². The monoisotopic (exact) mass is 466 g/mol. The van der Waals surface area contributed by atoms with Gasteiger partial charge in [-0.1, -0.05) is 73.9 Å². The molecule has 2 aromatic carbocycles. The van der Waals surface area contributed by atoms with E-state index in [1.807, 2.05) is 6.08 Å². The van der Waals surface area contributed by atoms with Gasteiger partial charge in [0.05, 0.1) is 13.2 Å². The molecule has 7 nitrogen and oxygen atoms in total. The van der Waals surface area contributed by atoms with E-state index in [9.17, 15) is 19.5 Å². The molecule has 0 aromatic heterocycles. The molecule has 0 radical (unpaired) electrons. The van der Waals surface area contributed by atoms with E-state index < -0.39 is 36.0 Å². The summed E-state index contributed by atoms with van der Waals surface area (Å²) < 4.78 is 4.84. The molecule has 0 heterocycles. The number of unbranched alkanes of at least 4 members (excludes halogenated alkanes) is 4. The van der Waals surface area contributed by atoms with Crippen LogP contribution in [0.3, 0.4) is 0 Å². The lowest BCUT2D eigenvalue weighted by Gasteiger charge is -2.26. The van der Waals surface area contributed by atoms with Crippen molar-refractivity contribution < 1.29 is 24.2 Å². The zero-order valence-corrected chi connectivity index (χ0v) is 19.6. The first kappa shape index (κ1) is 26.8. The van der Waals surface area contributed by atoms with Crippen molar-refractivity contribution in [1.82, 2.24) is 10.6 Å². The van der Waals surface area contributed by atoms with Gasteiger partial charge in [0.15, 0.2) is 6.10 Å². The molecule has 0 saturated heterocycles. The normalized spacial score (nSPS) is 13.2. The molecule has 0 aliphatic carbocycles. The van der Waals surface area contributed by atoms with Crippen molar-refractivity contribution in [3.63, 3.8) is 0 Å². The Hall–Kier alpha value is -3.45. The molecule has 34 heavy (non-hydrogen) atoms. The number of amides is 2. The van der Waals surface area contributed by atoms with Gasteiger partial charge in [-0.25, -0.2) is 4.79 Å². The molecule has 3 N–H and O–H groups in total. The Morgan fingerprint density at radius 2 is 1.56 bits per heavy atom. The highest BCUT2D eigenvalue weighted by molar-refractivity contribution is 5.95. The minimum absolute atomic E-state index is 0.394. The fourth-order valence-electron chi connectivity index (χ4n) is 3.61. The number of benzene rings is 2. The summed E-state index contributed by atoms with van der Waals surface area (Å²) in [5.74, 6) is -1.76. The Morgan fingerprint density at radius 1 is 0.941 bits per heavy atom. The number of hydrogen-bond acceptors (Lipinski definition) is 5. The molecule has 7 heteroatoms. The Labute approximate surface area is 201 Å². The third kappa shape index (κ3) is 8.48. The molecule has 2 rings (SSSR count). The van der Waals surface area contributed by atoms with Crippen molar-refractivity contribution in [3.8, 4) is 0 Å². The predicted molar refractivity (Wildman–Crippen MR) is 131 cm³/mol. The highest BCUT2D eigenvalue weighted by Gasteiger charge is 2.32. The summed E-state index contributed by atoms with van der Waals surface area (Å²) in [6.07, 6.45) is 5.24. The van der Waals surface area contributed by atoms with Gasteiger partial charge in [-0.15, -0.1) is 6.58 Å². The molecule has 0 aliphatic rings. The lowest BCUT2D eigenvalue weighted by molar-refractivity contribution is -0.146. The molecule has 0 unspecified atom stereocenters. The number of carbonyl (C=O) groups excluding carboxylic acids is 3. The van der Waals surface area contributed by atoms with E-state index >= 15 is 0 Å². The molecule has 0 fully saturated rings. The van der Waals surface area contributed by atoms with Crippen LogP contribution in [0.5, 0.6) is 0 Å². The summed E-state index contributed by atoms with van der Waals surface area (Å²) in [7, 11) is 1.26. The van der Waals surface area contributed by atoms with E-state index in [1.54, 1.807) is 60.7 Å². The highest BCUT2D eigenvalue weighted by atomic mass is 16.5. The van der Waals surface area contributed by atoms with Crippen LogP contribution in [0, 0.1) is 0 Å².